The average Bonchev–Trinajstić information content (AvgIpc) is 3.42. The number of benzene rings is 1. The number of carboxylic acids is 1. The second-order valence-electron chi connectivity index (χ2n) is 7.62. The number of ether oxygens (including phenoxy) is 1. The summed E-state index contributed by atoms with van der Waals surface area (Å²) in [5.41, 5.74) is 5.00. The summed E-state index contributed by atoms with van der Waals surface area (Å²) in [7, 11) is 1.35. The fraction of sp³-hybridized carbons (Fsp3) is 0.474. The molecule has 2 fully saturated rings. The van der Waals surface area contributed by atoms with Gasteiger partial charge in [-0.2, -0.15) is 0 Å². The summed E-state index contributed by atoms with van der Waals surface area (Å²) in [6.45, 7) is 2.89. The SMILES string of the molecule is COc1c(N2C[C@@H](C)[C@H](N)C2)c(F)cc2c(=O)c(O)c(C(=O)O)n(C3CC3)c12. The third-order valence-corrected chi connectivity index (χ3v) is 5.65. The van der Waals surface area contributed by atoms with Crippen molar-refractivity contribution in [2.45, 2.75) is 31.8 Å². The van der Waals surface area contributed by atoms with Gasteiger partial charge in [0.15, 0.2) is 23.0 Å². The Morgan fingerprint density at radius 2 is 2.04 bits per heavy atom. The summed E-state index contributed by atoms with van der Waals surface area (Å²) in [5.74, 6) is -2.76. The Morgan fingerprint density at radius 1 is 1.36 bits per heavy atom. The van der Waals surface area contributed by atoms with E-state index in [0.717, 1.165) is 6.07 Å². The molecule has 2 heterocycles. The van der Waals surface area contributed by atoms with Crippen LogP contribution in [0.15, 0.2) is 10.9 Å². The number of hydrogen-bond donors (Lipinski definition) is 3. The lowest BCUT2D eigenvalue weighted by Crippen LogP contribution is -2.29. The molecule has 0 unspecified atom stereocenters. The van der Waals surface area contributed by atoms with Gasteiger partial charge in [0, 0.05) is 25.2 Å². The van der Waals surface area contributed by atoms with Gasteiger partial charge in [0.25, 0.3) is 0 Å². The molecule has 1 saturated heterocycles. The number of halogens is 1. The number of methoxy groups -OCH3 is 1. The van der Waals surface area contributed by atoms with Crippen LogP contribution in [0.25, 0.3) is 10.9 Å². The fourth-order valence-corrected chi connectivity index (χ4v) is 4.04. The van der Waals surface area contributed by atoms with Gasteiger partial charge in [0.2, 0.25) is 5.43 Å². The molecule has 2 atom stereocenters. The first kappa shape index (κ1) is 18.5. The van der Waals surface area contributed by atoms with Gasteiger partial charge in [0.1, 0.15) is 5.69 Å². The normalized spacial score (nSPS) is 22.1. The van der Waals surface area contributed by atoms with Crippen LogP contribution < -0.4 is 20.8 Å². The lowest BCUT2D eigenvalue weighted by atomic mass is 10.1. The number of anilines is 1. The van der Waals surface area contributed by atoms with Crippen molar-refractivity contribution >= 4 is 22.6 Å². The maximum absolute atomic E-state index is 15.1. The highest BCUT2D eigenvalue weighted by molar-refractivity contribution is 5.98. The van der Waals surface area contributed by atoms with Crippen LogP contribution in [0.1, 0.15) is 36.3 Å². The van der Waals surface area contributed by atoms with E-state index in [1.165, 1.54) is 11.7 Å². The first-order valence-electron chi connectivity index (χ1n) is 9.17. The minimum absolute atomic E-state index is 0.0859. The Balaban J connectivity index is 2.11. The number of rotatable bonds is 4. The zero-order valence-corrected chi connectivity index (χ0v) is 15.6. The average molecular weight is 391 g/mol. The Labute approximate surface area is 159 Å². The Bertz CT molecular complexity index is 1040. The number of aromatic carboxylic acids is 1. The Hall–Kier alpha value is -2.81. The van der Waals surface area contributed by atoms with E-state index in [1.54, 1.807) is 4.90 Å². The number of hydrogen-bond acceptors (Lipinski definition) is 6. The number of carboxylic acid groups (broad SMARTS) is 1. The van der Waals surface area contributed by atoms with Gasteiger partial charge in [-0.3, -0.25) is 4.79 Å². The second kappa shape index (κ2) is 6.37. The van der Waals surface area contributed by atoms with Crippen LogP contribution in [0, 0.1) is 11.7 Å². The quantitative estimate of drug-likeness (QED) is 0.725. The molecule has 0 amide bonds. The van der Waals surface area contributed by atoms with E-state index in [1.807, 2.05) is 6.92 Å². The molecule has 150 valence electrons. The van der Waals surface area contributed by atoms with E-state index < -0.39 is 28.7 Å². The minimum atomic E-state index is -1.42. The number of aromatic nitrogens is 1. The van der Waals surface area contributed by atoms with E-state index in [4.69, 9.17) is 10.5 Å². The van der Waals surface area contributed by atoms with E-state index in [-0.39, 0.29) is 40.3 Å². The van der Waals surface area contributed by atoms with Crippen LogP contribution in [0.3, 0.4) is 0 Å². The topological polar surface area (TPSA) is 118 Å². The lowest BCUT2D eigenvalue weighted by molar-refractivity contribution is 0.0680. The van der Waals surface area contributed by atoms with Crippen LogP contribution in [-0.2, 0) is 0 Å². The van der Waals surface area contributed by atoms with Gasteiger partial charge in [-0.15, -0.1) is 0 Å². The van der Waals surface area contributed by atoms with Crippen molar-refractivity contribution in [1.82, 2.24) is 4.57 Å². The molecule has 2 aliphatic rings. The van der Waals surface area contributed by atoms with Gasteiger partial charge >= 0.3 is 5.97 Å². The number of fused-ring (bicyclic) bond motifs is 1. The molecule has 0 spiro atoms. The Kier molecular flexibility index (Phi) is 4.22. The van der Waals surface area contributed by atoms with Crippen LogP contribution in [0.5, 0.6) is 11.5 Å². The fourth-order valence-electron chi connectivity index (χ4n) is 4.04. The molecule has 1 aromatic heterocycles. The van der Waals surface area contributed by atoms with E-state index in [9.17, 15) is 19.8 Å². The molecule has 4 N–H and O–H groups in total. The van der Waals surface area contributed by atoms with E-state index in [2.05, 4.69) is 0 Å². The first-order valence-corrected chi connectivity index (χ1v) is 9.17. The van der Waals surface area contributed by atoms with Crippen molar-refractivity contribution in [2.24, 2.45) is 11.7 Å². The van der Waals surface area contributed by atoms with Crippen LogP contribution >= 0.6 is 0 Å². The summed E-state index contributed by atoms with van der Waals surface area (Å²) in [5, 5.41) is 19.7. The summed E-state index contributed by atoms with van der Waals surface area (Å²) in [6.07, 6.45) is 1.39. The highest BCUT2D eigenvalue weighted by Gasteiger charge is 2.37. The Morgan fingerprint density at radius 3 is 2.54 bits per heavy atom. The highest BCUT2D eigenvalue weighted by Crippen LogP contribution is 2.46. The molecule has 1 aliphatic carbocycles. The first-order chi connectivity index (χ1) is 13.3. The van der Waals surface area contributed by atoms with Gasteiger partial charge in [-0.1, -0.05) is 6.92 Å². The molecule has 1 aromatic carbocycles. The number of aromatic hydroxyl groups is 1. The van der Waals surface area contributed by atoms with E-state index >= 15 is 4.39 Å². The van der Waals surface area contributed by atoms with Gasteiger partial charge in [-0.25, -0.2) is 9.18 Å². The molecule has 28 heavy (non-hydrogen) atoms. The van der Waals surface area contributed by atoms with Gasteiger partial charge in [-0.05, 0) is 24.8 Å². The molecule has 0 bridgehead atoms. The third-order valence-electron chi connectivity index (χ3n) is 5.65. The van der Waals surface area contributed by atoms with Crippen molar-refractivity contribution in [3.8, 4) is 11.5 Å². The predicted octanol–water partition coefficient (Wildman–Crippen LogP) is 1.67. The summed E-state index contributed by atoms with van der Waals surface area (Å²) >= 11 is 0. The van der Waals surface area contributed by atoms with Gasteiger partial charge < -0.3 is 30.2 Å². The summed E-state index contributed by atoms with van der Waals surface area (Å²) < 4.78 is 22.0. The van der Waals surface area contributed by atoms with Crippen molar-refractivity contribution < 1.29 is 24.1 Å². The minimum Gasteiger partial charge on any atom is -0.502 e. The van der Waals surface area contributed by atoms with Crippen molar-refractivity contribution in [1.29, 1.82) is 0 Å². The second-order valence-corrected chi connectivity index (χ2v) is 7.62. The molecule has 1 aliphatic heterocycles. The molecule has 8 nitrogen and oxygen atoms in total. The van der Waals surface area contributed by atoms with Crippen molar-refractivity contribution in [3.63, 3.8) is 0 Å². The van der Waals surface area contributed by atoms with Crippen molar-refractivity contribution in [3.05, 3.63) is 27.8 Å². The van der Waals surface area contributed by atoms with Gasteiger partial charge in [0.05, 0.1) is 18.0 Å². The zero-order valence-electron chi connectivity index (χ0n) is 15.6. The summed E-state index contributed by atoms with van der Waals surface area (Å²) in [4.78, 5) is 26.2. The highest BCUT2D eigenvalue weighted by atomic mass is 19.1. The molecule has 4 rings (SSSR count). The summed E-state index contributed by atoms with van der Waals surface area (Å²) in [6, 6.07) is 0.709. The van der Waals surface area contributed by atoms with Crippen molar-refractivity contribution in [2.75, 3.05) is 25.1 Å². The molecule has 1 saturated carbocycles. The number of pyridine rings is 1. The van der Waals surface area contributed by atoms with Crippen LogP contribution in [0.4, 0.5) is 10.1 Å². The van der Waals surface area contributed by atoms with Crippen LogP contribution in [-0.4, -0.2) is 47.0 Å². The zero-order chi connectivity index (χ0) is 20.3. The maximum Gasteiger partial charge on any atom is 0.356 e. The molecule has 2 aromatic rings. The monoisotopic (exact) mass is 391 g/mol. The van der Waals surface area contributed by atoms with E-state index in [0.29, 0.717) is 25.9 Å². The molecular weight excluding hydrogens is 369 g/mol. The lowest BCUT2D eigenvalue weighted by Gasteiger charge is -2.25. The number of nitrogens with zero attached hydrogens (tertiary/aromatic N) is 2. The maximum atomic E-state index is 15.1. The number of carbonyl (C=O) groups is 1. The molecular formula is C19H22FN3O5. The smallest absolute Gasteiger partial charge is 0.356 e. The molecule has 0 radical (unpaired) electrons. The van der Waals surface area contributed by atoms with Crippen LogP contribution in [0.2, 0.25) is 0 Å². The molecule has 9 heteroatoms. The predicted molar refractivity (Wildman–Crippen MR) is 101 cm³/mol. The largest absolute Gasteiger partial charge is 0.502 e. The third kappa shape index (κ3) is 2.61. The number of nitrogens with two attached hydrogens (primary N) is 1. The standard InChI is InChI=1S/C19H22FN3O5/c1-8-6-22(7-12(8)21)14-11(20)5-10-13(18(14)28-2)23(9-3-4-9)15(19(26)27)17(25)16(10)24/h5,8-9,12,25H,3-4,6-7,21H2,1-2H3,(H,26,27)/t8-,12-/m1/s1.